The Hall–Kier alpha value is -1.35. The van der Waals surface area contributed by atoms with Crippen LogP contribution in [0.3, 0.4) is 0 Å². The molecule has 122 valence electrons. The summed E-state index contributed by atoms with van der Waals surface area (Å²) in [6.45, 7) is 6.86. The lowest BCUT2D eigenvalue weighted by atomic mass is 9.92. The largest absolute Gasteiger partial charge is 0.461 e. The van der Waals surface area contributed by atoms with Gasteiger partial charge in [-0.15, -0.1) is 0 Å². The molecule has 3 atom stereocenters. The zero-order chi connectivity index (χ0) is 16.1. The van der Waals surface area contributed by atoms with Crippen LogP contribution in [0.15, 0.2) is 30.3 Å². The standard InChI is InChI=1S/C19H29NO2/c1-14(2)20(4)18-11-10-17(12-18)15(3)19(21)22-13-16-8-6-5-7-9-16/h5-9,14-15,17-18H,10-13H2,1-4H3/t15?,17-,18-/m1/s1. The van der Waals surface area contributed by atoms with E-state index in [0.717, 1.165) is 18.4 Å². The van der Waals surface area contributed by atoms with Crippen LogP contribution in [0.5, 0.6) is 0 Å². The lowest BCUT2D eigenvalue weighted by Gasteiger charge is -2.28. The average molecular weight is 303 g/mol. The summed E-state index contributed by atoms with van der Waals surface area (Å²) >= 11 is 0. The minimum Gasteiger partial charge on any atom is -0.461 e. The summed E-state index contributed by atoms with van der Waals surface area (Å²) < 4.78 is 5.49. The van der Waals surface area contributed by atoms with Crippen molar-refractivity contribution in [2.45, 2.75) is 58.7 Å². The van der Waals surface area contributed by atoms with E-state index in [4.69, 9.17) is 4.74 Å². The predicted octanol–water partition coefficient (Wildman–Crippen LogP) is 3.87. The maximum Gasteiger partial charge on any atom is 0.309 e. The smallest absolute Gasteiger partial charge is 0.309 e. The van der Waals surface area contributed by atoms with Crippen molar-refractivity contribution >= 4 is 5.97 Å². The van der Waals surface area contributed by atoms with E-state index in [1.54, 1.807) is 0 Å². The van der Waals surface area contributed by atoms with Gasteiger partial charge in [-0.1, -0.05) is 37.3 Å². The molecule has 0 aliphatic heterocycles. The van der Waals surface area contributed by atoms with Crippen LogP contribution in [-0.4, -0.2) is 30.0 Å². The molecule has 0 N–H and O–H groups in total. The first-order chi connectivity index (χ1) is 10.5. The van der Waals surface area contributed by atoms with E-state index in [-0.39, 0.29) is 11.9 Å². The molecule has 3 heteroatoms. The first-order valence-electron chi connectivity index (χ1n) is 8.41. The number of benzene rings is 1. The van der Waals surface area contributed by atoms with Gasteiger partial charge in [0.15, 0.2) is 0 Å². The molecule has 0 bridgehead atoms. The molecule has 1 aromatic carbocycles. The molecular weight excluding hydrogens is 274 g/mol. The molecule has 1 saturated carbocycles. The van der Waals surface area contributed by atoms with Crippen LogP contribution in [-0.2, 0) is 16.1 Å². The molecule has 3 nitrogen and oxygen atoms in total. The van der Waals surface area contributed by atoms with Crippen molar-refractivity contribution in [2.75, 3.05) is 7.05 Å². The van der Waals surface area contributed by atoms with Gasteiger partial charge in [0.25, 0.3) is 0 Å². The molecule has 0 heterocycles. The highest BCUT2D eigenvalue weighted by Gasteiger charge is 2.34. The molecule has 0 amide bonds. The van der Waals surface area contributed by atoms with Gasteiger partial charge in [0.2, 0.25) is 0 Å². The highest BCUT2D eigenvalue weighted by molar-refractivity contribution is 5.72. The van der Waals surface area contributed by atoms with E-state index in [1.807, 2.05) is 37.3 Å². The predicted molar refractivity (Wildman–Crippen MR) is 89.4 cm³/mol. The Morgan fingerprint density at radius 2 is 1.91 bits per heavy atom. The van der Waals surface area contributed by atoms with Gasteiger partial charge in [-0.05, 0) is 51.6 Å². The number of hydrogen-bond acceptors (Lipinski definition) is 3. The second-order valence-electron chi connectivity index (χ2n) is 6.87. The van der Waals surface area contributed by atoms with Crippen molar-refractivity contribution in [3.8, 4) is 0 Å². The third-order valence-electron chi connectivity index (χ3n) is 5.14. The molecule has 22 heavy (non-hydrogen) atoms. The van der Waals surface area contributed by atoms with Crippen molar-refractivity contribution < 1.29 is 9.53 Å². The van der Waals surface area contributed by atoms with Crippen molar-refractivity contribution in [1.29, 1.82) is 0 Å². The van der Waals surface area contributed by atoms with Crippen LogP contribution < -0.4 is 0 Å². The lowest BCUT2D eigenvalue weighted by molar-refractivity contribution is -0.151. The molecule has 1 fully saturated rings. The fourth-order valence-electron chi connectivity index (χ4n) is 3.29. The fraction of sp³-hybridized carbons (Fsp3) is 0.632. The van der Waals surface area contributed by atoms with Gasteiger partial charge < -0.3 is 9.64 Å². The summed E-state index contributed by atoms with van der Waals surface area (Å²) in [6.07, 6.45) is 3.43. The summed E-state index contributed by atoms with van der Waals surface area (Å²) in [5.41, 5.74) is 1.05. The van der Waals surface area contributed by atoms with Crippen LogP contribution in [0.25, 0.3) is 0 Å². The van der Waals surface area contributed by atoms with Gasteiger partial charge in [0.1, 0.15) is 6.61 Å². The molecule has 2 rings (SSSR count). The molecule has 1 aliphatic carbocycles. The van der Waals surface area contributed by atoms with E-state index >= 15 is 0 Å². The van der Waals surface area contributed by atoms with Crippen LogP contribution >= 0.6 is 0 Å². The summed E-state index contributed by atoms with van der Waals surface area (Å²) in [7, 11) is 2.19. The van der Waals surface area contributed by atoms with Crippen molar-refractivity contribution in [2.24, 2.45) is 11.8 Å². The van der Waals surface area contributed by atoms with Crippen LogP contribution in [0, 0.1) is 11.8 Å². The van der Waals surface area contributed by atoms with E-state index < -0.39 is 0 Å². The van der Waals surface area contributed by atoms with Crippen LogP contribution in [0.1, 0.15) is 45.6 Å². The maximum absolute atomic E-state index is 12.3. The van der Waals surface area contributed by atoms with Crippen LogP contribution in [0.4, 0.5) is 0 Å². The summed E-state index contributed by atoms with van der Waals surface area (Å²) in [5, 5.41) is 0. The van der Waals surface area contributed by atoms with E-state index in [9.17, 15) is 4.79 Å². The average Bonchev–Trinajstić information content (AvgIpc) is 3.01. The molecule has 0 saturated heterocycles. The van der Waals surface area contributed by atoms with Crippen molar-refractivity contribution in [3.63, 3.8) is 0 Å². The Bertz CT molecular complexity index is 472. The van der Waals surface area contributed by atoms with Gasteiger partial charge >= 0.3 is 5.97 Å². The molecule has 1 aromatic rings. The normalized spacial score (nSPS) is 23.0. The topological polar surface area (TPSA) is 29.5 Å². The zero-order valence-electron chi connectivity index (χ0n) is 14.3. The quantitative estimate of drug-likeness (QED) is 0.747. The fourth-order valence-corrected chi connectivity index (χ4v) is 3.29. The Balaban J connectivity index is 1.81. The van der Waals surface area contributed by atoms with Crippen molar-refractivity contribution in [1.82, 2.24) is 4.90 Å². The minimum absolute atomic E-state index is 0.00530. The second kappa shape index (κ2) is 7.77. The summed E-state index contributed by atoms with van der Waals surface area (Å²) in [6, 6.07) is 11.0. The van der Waals surface area contributed by atoms with Gasteiger partial charge in [-0.25, -0.2) is 0 Å². The number of carbonyl (C=O) groups is 1. The number of hydrogen-bond donors (Lipinski definition) is 0. The summed E-state index contributed by atoms with van der Waals surface area (Å²) in [5.74, 6) is 0.394. The third kappa shape index (κ3) is 4.33. The second-order valence-corrected chi connectivity index (χ2v) is 6.87. The van der Waals surface area contributed by atoms with E-state index in [0.29, 0.717) is 24.6 Å². The van der Waals surface area contributed by atoms with Gasteiger partial charge in [0.05, 0.1) is 5.92 Å². The monoisotopic (exact) mass is 303 g/mol. The third-order valence-corrected chi connectivity index (χ3v) is 5.14. The van der Waals surface area contributed by atoms with E-state index in [1.165, 1.54) is 6.42 Å². The number of carbonyl (C=O) groups excluding carboxylic acids is 1. The SMILES string of the molecule is CC(C(=O)OCc1ccccc1)[C@@H]1CC[C@@H](N(C)C(C)C)C1. The van der Waals surface area contributed by atoms with Gasteiger partial charge in [0, 0.05) is 12.1 Å². The summed E-state index contributed by atoms with van der Waals surface area (Å²) in [4.78, 5) is 14.7. The van der Waals surface area contributed by atoms with Crippen molar-refractivity contribution in [3.05, 3.63) is 35.9 Å². The molecule has 0 aromatic heterocycles. The minimum atomic E-state index is -0.0540. The Kier molecular flexibility index (Phi) is 6.01. The zero-order valence-corrected chi connectivity index (χ0v) is 14.3. The maximum atomic E-state index is 12.3. The Labute approximate surface area is 134 Å². The molecule has 1 unspecified atom stereocenters. The van der Waals surface area contributed by atoms with Crippen LogP contribution in [0.2, 0.25) is 0 Å². The lowest BCUT2D eigenvalue weighted by Crippen LogP contribution is -2.35. The number of nitrogens with zero attached hydrogens (tertiary/aromatic N) is 1. The number of rotatable bonds is 6. The first kappa shape index (κ1) is 17.0. The molecule has 1 aliphatic rings. The number of esters is 1. The Morgan fingerprint density at radius 1 is 1.23 bits per heavy atom. The first-order valence-corrected chi connectivity index (χ1v) is 8.41. The molecule has 0 radical (unpaired) electrons. The molecule has 0 spiro atoms. The van der Waals surface area contributed by atoms with E-state index in [2.05, 4.69) is 25.8 Å². The highest BCUT2D eigenvalue weighted by atomic mass is 16.5. The van der Waals surface area contributed by atoms with Gasteiger partial charge in [-0.3, -0.25) is 4.79 Å². The number of ether oxygens (including phenoxy) is 1. The highest BCUT2D eigenvalue weighted by Crippen LogP contribution is 2.35. The van der Waals surface area contributed by atoms with Gasteiger partial charge in [-0.2, -0.15) is 0 Å². The molecular formula is C19H29NO2. The Morgan fingerprint density at radius 3 is 2.55 bits per heavy atom.